The minimum Gasteiger partial charge on any atom is -0.378 e. The van der Waals surface area contributed by atoms with Gasteiger partial charge in [0.05, 0.1) is 0 Å². The highest BCUT2D eigenvalue weighted by Gasteiger charge is 2.03. The van der Waals surface area contributed by atoms with Crippen molar-refractivity contribution < 1.29 is 0 Å². The first-order chi connectivity index (χ1) is 5.20. The molecule has 0 aliphatic heterocycles. The third-order valence-electron chi connectivity index (χ3n) is 2.07. The Bertz CT molecular complexity index is 177. The van der Waals surface area contributed by atoms with Gasteiger partial charge in [0, 0.05) is 19.8 Å². The highest BCUT2D eigenvalue weighted by atomic mass is 15.1. The fourth-order valence-electron chi connectivity index (χ4n) is 1.24. The molecule has 0 bridgehead atoms. The minimum atomic E-state index is 0.809. The molecule has 1 atom stereocenters. The summed E-state index contributed by atoms with van der Waals surface area (Å²) in [5, 5.41) is 0. The number of allylic oxidation sites excluding steroid dienone is 3. The molecule has 0 aromatic heterocycles. The first-order valence-corrected chi connectivity index (χ1v) is 4.24. The van der Waals surface area contributed by atoms with Crippen molar-refractivity contribution in [3.8, 4) is 0 Å². The molecule has 1 aliphatic carbocycles. The van der Waals surface area contributed by atoms with Gasteiger partial charge in [0.25, 0.3) is 0 Å². The molecule has 0 amide bonds. The summed E-state index contributed by atoms with van der Waals surface area (Å²) in [5.74, 6) is 0.809. The molecule has 0 saturated heterocycles. The summed E-state index contributed by atoms with van der Waals surface area (Å²) in [7, 11) is 4.18. The number of nitrogens with zero attached hydrogens (tertiary/aromatic N) is 1. The number of hydrogen-bond acceptors (Lipinski definition) is 1. The minimum absolute atomic E-state index is 0.809. The summed E-state index contributed by atoms with van der Waals surface area (Å²) in [5.41, 5.74) is 1.34. The molecule has 1 heteroatoms. The van der Waals surface area contributed by atoms with Crippen LogP contribution in [0.2, 0.25) is 0 Å². The van der Waals surface area contributed by atoms with Crippen LogP contribution < -0.4 is 0 Å². The normalized spacial score (nSPS) is 24.3. The van der Waals surface area contributed by atoms with Crippen LogP contribution in [0.4, 0.5) is 0 Å². The molecule has 0 spiro atoms. The van der Waals surface area contributed by atoms with Crippen LogP contribution in [-0.4, -0.2) is 19.0 Å². The van der Waals surface area contributed by atoms with Gasteiger partial charge in [-0.25, -0.2) is 0 Å². The maximum absolute atomic E-state index is 2.31. The van der Waals surface area contributed by atoms with Gasteiger partial charge in [0.15, 0.2) is 0 Å². The Morgan fingerprint density at radius 3 is 2.73 bits per heavy atom. The molecule has 1 aliphatic rings. The molecule has 0 fully saturated rings. The summed E-state index contributed by atoms with van der Waals surface area (Å²) >= 11 is 0. The predicted octanol–water partition coefficient (Wildman–Crippen LogP) is 2.42. The lowest BCUT2D eigenvalue weighted by Crippen LogP contribution is -2.08. The predicted molar refractivity (Wildman–Crippen MR) is 49.3 cm³/mol. The van der Waals surface area contributed by atoms with Crippen LogP contribution in [0.3, 0.4) is 0 Å². The Hall–Kier alpha value is -0.720. The lowest BCUT2D eigenvalue weighted by atomic mass is 10.1. The van der Waals surface area contributed by atoms with Crippen molar-refractivity contribution in [2.75, 3.05) is 14.1 Å². The molecular formula is C10H17N. The van der Waals surface area contributed by atoms with Crippen LogP contribution in [-0.2, 0) is 0 Å². The fourth-order valence-corrected chi connectivity index (χ4v) is 1.24. The van der Waals surface area contributed by atoms with Crippen molar-refractivity contribution in [2.24, 2.45) is 5.92 Å². The fraction of sp³-hybridized carbons (Fsp3) is 0.600. The molecular weight excluding hydrogens is 134 g/mol. The van der Waals surface area contributed by atoms with Gasteiger partial charge < -0.3 is 4.90 Å². The number of hydrogen-bond donors (Lipinski definition) is 0. The van der Waals surface area contributed by atoms with Gasteiger partial charge in [-0.2, -0.15) is 0 Å². The molecule has 62 valence electrons. The summed E-state index contributed by atoms with van der Waals surface area (Å²) in [6, 6.07) is 0. The standard InChI is InChI=1S/C10H17N/c1-9-5-4-6-10(8-7-9)11(2)3/h4,6,8-9H,5,7H2,1-3H3. The van der Waals surface area contributed by atoms with E-state index in [0.29, 0.717) is 0 Å². The lowest BCUT2D eigenvalue weighted by Gasteiger charge is -2.12. The van der Waals surface area contributed by atoms with Crippen LogP contribution >= 0.6 is 0 Å². The van der Waals surface area contributed by atoms with Gasteiger partial charge >= 0.3 is 0 Å². The molecule has 11 heavy (non-hydrogen) atoms. The Morgan fingerprint density at radius 2 is 2.09 bits per heavy atom. The highest BCUT2D eigenvalue weighted by molar-refractivity contribution is 5.18. The van der Waals surface area contributed by atoms with Gasteiger partial charge in [0.1, 0.15) is 0 Å². The van der Waals surface area contributed by atoms with E-state index in [1.807, 2.05) is 0 Å². The van der Waals surface area contributed by atoms with E-state index >= 15 is 0 Å². The monoisotopic (exact) mass is 151 g/mol. The Morgan fingerprint density at radius 1 is 1.36 bits per heavy atom. The first-order valence-electron chi connectivity index (χ1n) is 4.24. The quantitative estimate of drug-likeness (QED) is 0.556. The molecule has 1 nitrogen and oxygen atoms in total. The van der Waals surface area contributed by atoms with Crippen LogP contribution in [0.1, 0.15) is 19.8 Å². The van der Waals surface area contributed by atoms with Gasteiger partial charge in [-0.05, 0) is 24.8 Å². The maximum atomic E-state index is 2.31. The van der Waals surface area contributed by atoms with E-state index in [2.05, 4.69) is 44.1 Å². The summed E-state index contributed by atoms with van der Waals surface area (Å²) in [6.07, 6.45) is 9.22. The molecule has 0 N–H and O–H groups in total. The first kappa shape index (κ1) is 8.38. The number of likely N-dealkylation sites (N-methyl/N-ethyl adjacent to an activating group) is 1. The van der Waals surface area contributed by atoms with Gasteiger partial charge in [-0.15, -0.1) is 0 Å². The summed E-state index contributed by atoms with van der Waals surface area (Å²) in [6.45, 7) is 2.29. The van der Waals surface area contributed by atoms with E-state index in [1.54, 1.807) is 0 Å². The van der Waals surface area contributed by atoms with Crippen LogP contribution in [0.15, 0.2) is 23.9 Å². The largest absolute Gasteiger partial charge is 0.378 e. The van der Waals surface area contributed by atoms with E-state index < -0.39 is 0 Å². The topological polar surface area (TPSA) is 3.24 Å². The van der Waals surface area contributed by atoms with Gasteiger partial charge in [0.2, 0.25) is 0 Å². The highest BCUT2D eigenvalue weighted by Crippen LogP contribution is 2.16. The molecule has 0 aromatic carbocycles. The summed E-state index contributed by atoms with van der Waals surface area (Å²) in [4.78, 5) is 2.16. The Kier molecular flexibility index (Phi) is 2.75. The molecule has 0 saturated carbocycles. The van der Waals surface area contributed by atoms with E-state index in [9.17, 15) is 0 Å². The zero-order valence-corrected chi connectivity index (χ0v) is 7.67. The Balaban J connectivity index is 2.64. The average molecular weight is 151 g/mol. The van der Waals surface area contributed by atoms with Crippen molar-refractivity contribution in [3.63, 3.8) is 0 Å². The zero-order chi connectivity index (χ0) is 8.27. The third-order valence-corrected chi connectivity index (χ3v) is 2.07. The van der Waals surface area contributed by atoms with E-state index in [-0.39, 0.29) is 0 Å². The maximum Gasteiger partial charge on any atom is 0.0317 e. The number of rotatable bonds is 1. The second-order valence-corrected chi connectivity index (χ2v) is 3.50. The van der Waals surface area contributed by atoms with Crippen LogP contribution in [0, 0.1) is 5.92 Å². The summed E-state index contributed by atoms with van der Waals surface area (Å²) < 4.78 is 0. The molecule has 0 heterocycles. The van der Waals surface area contributed by atoms with Crippen molar-refractivity contribution in [1.29, 1.82) is 0 Å². The zero-order valence-electron chi connectivity index (χ0n) is 7.67. The van der Waals surface area contributed by atoms with Crippen molar-refractivity contribution in [3.05, 3.63) is 23.9 Å². The van der Waals surface area contributed by atoms with E-state index in [4.69, 9.17) is 0 Å². The van der Waals surface area contributed by atoms with Crippen molar-refractivity contribution >= 4 is 0 Å². The molecule has 0 aromatic rings. The van der Waals surface area contributed by atoms with Crippen LogP contribution in [0.25, 0.3) is 0 Å². The molecule has 1 rings (SSSR count). The third kappa shape index (κ3) is 2.41. The molecule has 1 unspecified atom stereocenters. The van der Waals surface area contributed by atoms with Gasteiger partial charge in [-0.3, -0.25) is 0 Å². The average Bonchev–Trinajstić information content (AvgIpc) is 2.13. The van der Waals surface area contributed by atoms with Gasteiger partial charge in [-0.1, -0.05) is 19.1 Å². The van der Waals surface area contributed by atoms with Crippen molar-refractivity contribution in [2.45, 2.75) is 19.8 Å². The second-order valence-electron chi connectivity index (χ2n) is 3.50. The van der Waals surface area contributed by atoms with Crippen LogP contribution in [0.5, 0.6) is 0 Å². The lowest BCUT2D eigenvalue weighted by molar-refractivity contribution is 0.524. The smallest absolute Gasteiger partial charge is 0.0317 e. The van der Waals surface area contributed by atoms with Crippen molar-refractivity contribution in [1.82, 2.24) is 4.90 Å². The van der Waals surface area contributed by atoms with E-state index in [1.165, 1.54) is 18.5 Å². The van der Waals surface area contributed by atoms with E-state index in [0.717, 1.165) is 5.92 Å². The molecule has 0 radical (unpaired) electrons. The SMILES string of the molecule is CC1CC=CC(N(C)C)=CC1. The Labute approximate surface area is 69.4 Å². The second kappa shape index (κ2) is 3.61.